The molecule has 2 N–H and O–H groups in total. The molecule has 0 bridgehead atoms. The van der Waals surface area contributed by atoms with Gasteiger partial charge in [0, 0.05) is 0 Å². The van der Waals surface area contributed by atoms with Crippen LogP contribution in [-0.4, -0.2) is 37.2 Å². The number of quaternary nitrogens is 1. The van der Waals surface area contributed by atoms with Crippen molar-refractivity contribution in [3.8, 4) is 0 Å². The van der Waals surface area contributed by atoms with Gasteiger partial charge in [0.25, 0.3) is 0 Å². The van der Waals surface area contributed by atoms with Gasteiger partial charge in [-0.05, 0) is 24.3 Å². The number of hydrogen-bond acceptors (Lipinski definition) is 4. The summed E-state index contributed by atoms with van der Waals surface area (Å²) in [6, 6.07) is 17.6. The highest BCUT2D eigenvalue weighted by Gasteiger charge is 2.37. The molecule has 1 aliphatic heterocycles. The van der Waals surface area contributed by atoms with E-state index in [-0.39, 0.29) is 0 Å². The minimum atomic E-state index is -0.435. The molecule has 0 spiro atoms. The molecule has 2 unspecified atom stereocenters. The van der Waals surface area contributed by atoms with Gasteiger partial charge in [-0.25, -0.2) is 9.59 Å². The Morgan fingerprint density at radius 1 is 0.739 bits per heavy atom. The van der Waals surface area contributed by atoms with Crippen molar-refractivity contribution in [2.24, 2.45) is 0 Å². The van der Waals surface area contributed by atoms with E-state index in [1.807, 2.05) is 17.4 Å². The Bertz CT molecular complexity index is 612. The van der Waals surface area contributed by atoms with Gasteiger partial charge in [-0.2, -0.15) is 0 Å². The monoisotopic (exact) mass is 312 g/mol. The first-order valence-corrected chi connectivity index (χ1v) is 7.58. The molecule has 5 nitrogen and oxygen atoms in total. The Kier molecular flexibility index (Phi) is 4.68. The summed E-state index contributed by atoms with van der Waals surface area (Å²) in [6.07, 6.45) is -0.870. The molecule has 0 aliphatic carbocycles. The number of carbonyl (C=O) groups is 2. The molecule has 2 atom stereocenters. The summed E-state index contributed by atoms with van der Waals surface area (Å²) in [4.78, 5) is 24.3. The molecule has 2 aromatic rings. The smallest absolute Gasteiger partial charge is 0.338 e. The summed E-state index contributed by atoms with van der Waals surface area (Å²) in [5, 5.41) is 1.98. The van der Waals surface area contributed by atoms with Gasteiger partial charge in [-0.15, -0.1) is 0 Å². The first-order valence-electron chi connectivity index (χ1n) is 7.58. The number of benzene rings is 2. The molecule has 3 rings (SSSR count). The molecular weight excluding hydrogens is 294 g/mol. The summed E-state index contributed by atoms with van der Waals surface area (Å²) in [6.45, 7) is 1.18. The number of carbonyl (C=O) groups excluding carboxylic acids is 2. The fourth-order valence-electron chi connectivity index (χ4n) is 2.54. The Morgan fingerprint density at radius 3 is 1.52 bits per heavy atom. The van der Waals surface area contributed by atoms with Gasteiger partial charge >= 0.3 is 11.9 Å². The maximum absolute atomic E-state index is 12.1. The van der Waals surface area contributed by atoms with Crippen molar-refractivity contribution in [3.63, 3.8) is 0 Å². The van der Waals surface area contributed by atoms with Crippen LogP contribution in [-0.2, 0) is 9.47 Å². The zero-order chi connectivity index (χ0) is 16.1. The predicted octanol–water partition coefficient (Wildman–Crippen LogP) is 1.01. The van der Waals surface area contributed by atoms with Crippen molar-refractivity contribution >= 4 is 11.9 Å². The SMILES string of the molecule is O=C(OC1C[NH2+]CC1OC(=O)c1ccccc1)c1ccccc1. The fourth-order valence-corrected chi connectivity index (χ4v) is 2.54. The van der Waals surface area contributed by atoms with Crippen molar-refractivity contribution in [1.82, 2.24) is 0 Å². The zero-order valence-electron chi connectivity index (χ0n) is 12.6. The van der Waals surface area contributed by atoms with Crippen LogP contribution in [0.25, 0.3) is 0 Å². The van der Waals surface area contributed by atoms with E-state index >= 15 is 0 Å². The largest absolute Gasteiger partial charge is 0.448 e. The molecule has 23 heavy (non-hydrogen) atoms. The van der Waals surface area contributed by atoms with Gasteiger partial charge in [-0.3, -0.25) is 0 Å². The van der Waals surface area contributed by atoms with Gasteiger partial charge in [0.05, 0.1) is 11.1 Å². The van der Waals surface area contributed by atoms with Crippen LogP contribution in [0, 0.1) is 0 Å². The molecule has 118 valence electrons. The summed E-state index contributed by atoms with van der Waals surface area (Å²) < 4.78 is 11.0. The molecule has 1 saturated heterocycles. The van der Waals surface area contributed by atoms with Crippen molar-refractivity contribution in [3.05, 3.63) is 71.8 Å². The lowest BCUT2D eigenvalue weighted by Gasteiger charge is -2.17. The van der Waals surface area contributed by atoms with E-state index in [1.165, 1.54) is 0 Å². The Morgan fingerprint density at radius 2 is 1.13 bits per heavy atom. The number of esters is 2. The maximum atomic E-state index is 12.1. The highest BCUT2D eigenvalue weighted by atomic mass is 16.6. The lowest BCUT2D eigenvalue weighted by molar-refractivity contribution is -0.640. The lowest BCUT2D eigenvalue weighted by Crippen LogP contribution is -2.82. The molecule has 1 fully saturated rings. The average Bonchev–Trinajstić information content (AvgIpc) is 3.03. The van der Waals surface area contributed by atoms with E-state index in [1.54, 1.807) is 48.5 Å². The Balaban J connectivity index is 1.62. The molecule has 0 saturated carbocycles. The number of hydrogen-bond donors (Lipinski definition) is 1. The van der Waals surface area contributed by atoms with Gasteiger partial charge in [-0.1, -0.05) is 36.4 Å². The second-order valence-electron chi connectivity index (χ2n) is 5.38. The van der Waals surface area contributed by atoms with Crippen LogP contribution in [0.1, 0.15) is 20.7 Å². The fraction of sp³-hybridized carbons (Fsp3) is 0.222. The van der Waals surface area contributed by atoms with E-state index in [0.717, 1.165) is 0 Å². The van der Waals surface area contributed by atoms with E-state index in [0.29, 0.717) is 24.2 Å². The third-order valence-electron chi connectivity index (χ3n) is 3.75. The highest BCUT2D eigenvalue weighted by Crippen LogP contribution is 2.12. The normalized spacial score (nSPS) is 20.0. The Labute approximate surface area is 134 Å². The second-order valence-corrected chi connectivity index (χ2v) is 5.38. The summed E-state index contributed by atoms with van der Waals surface area (Å²) in [5.74, 6) is -0.793. The first-order chi connectivity index (χ1) is 11.2. The van der Waals surface area contributed by atoms with Gasteiger partial charge < -0.3 is 14.8 Å². The van der Waals surface area contributed by atoms with Crippen molar-refractivity contribution in [2.75, 3.05) is 13.1 Å². The summed E-state index contributed by atoms with van der Waals surface area (Å²) in [7, 11) is 0. The summed E-state index contributed by atoms with van der Waals surface area (Å²) in [5.41, 5.74) is 0.986. The Hall–Kier alpha value is -2.66. The first kappa shape index (κ1) is 15.2. The number of ether oxygens (including phenoxy) is 2. The van der Waals surface area contributed by atoms with Crippen LogP contribution < -0.4 is 5.32 Å². The van der Waals surface area contributed by atoms with Crippen LogP contribution in [0.15, 0.2) is 60.7 Å². The van der Waals surface area contributed by atoms with Gasteiger partial charge in [0.2, 0.25) is 0 Å². The van der Waals surface area contributed by atoms with Crippen LogP contribution in [0.2, 0.25) is 0 Å². The van der Waals surface area contributed by atoms with E-state index in [2.05, 4.69) is 0 Å². The van der Waals surface area contributed by atoms with E-state index in [9.17, 15) is 9.59 Å². The van der Waals surface area contributed by atoms with Crippen LogP contribution in [0.4, 0.5) is 0 Å². The predicted molar refractivity (Wildman–Crippen MR) is 83.0 cm³/mol. The molecule has 0 aromatic heterocycles. The average molecular weight is 312 g/mol. The summed E-state index contributed by atoms with van der Waals surface area (Å²) >= 11 is 0. The van der Waals surface area contributed by atoms with E-state index in [4.69, 9.17) is 9.47 Å². The second kappa shape index (κ2) is 7.07. The third kappa shape index (κ3) is 3.76. The molecule has 0 radical (unpaired) electrons. The quantitative estimate of drug-likeness (QED) is 0.856. The molecular formula is C18H18NO4+. The minimum absolute atomic E-state index is 0.397. The van der Waals surface area contributed by atoms with Crippen LogP contribution in [0.3, 0.4) is 0 Å². The van der Waals surface area contributed by atoms with Gasteiger partial charge in [0.15, 0.2) is 12.2 Å². The molecule has 1 heterocycles. The molecule has 2 aromatic carbocycles. The number of nitrogens with two attached hydrogens (primary N) is 1. The van der Waals surface area contributed by atoms with Gasteiger partial charge in [0.1, 0.15) is 13.1 Å². The standard InChI is InChI=1S/C18H17NO4/c20-17(13-7-3-1-4-8-13)22-15-11-19-12-16(15)23-18(21)14-9-5-2-6-10-14/h1-10,15-16,19H,11-12H2/p+1. The maximum Gasteiger partial charge on any atom is 0.338 e. The van der Waals surface area contributed by atoms with E-state index < -0.39 is 24.1 Å². The third-order valence-corrected chi connectivity index (χ3v) is 3.75. The molecule has 5 heteroatoms. The lowest BCUT2D eigenvalue weighted by atomic mass is 10.2. The van der Waals surface area contributed by atoms with Crippen molar-refractivity contribution in [1.29, 1.82) is 0 Å². The van der Waals surface area contributed by atoms with Crippen LogP contribution >= 0.6 is 0 Å². The van der Waals surface area contributed by atoms with Crippen molar-refractivity contribution < 1.29 is 24.4 Å². The minimum Gasteiger partial charge on any atom is -0.448 e. The molecule has 1 aliphatic rings. The number of rotatable bonds is 4. The topological polar surface area (TPSA) is 69.2 Å². The molecule has 0 amide bonds. The highest BCUT2D eigenvalue weighted by molar-refractivity contribution is 5.90. The van der Waals surface area contributed by atoms with Crippen molar-refractivity contribution in [2.45, 2.75) is 12.2 Å². The van der Waals surface area contributed by atoms with Crippen LogP contribution in [0.5, 0.6) is 0 Å². The zero-order valence-corrected chi connectivity index (χ0v) is 12.6.